The molecule has 4 heteroatoms. The summed E-state index contributed by atoms with van der Waals surface area (Å²) in [6.45, 7) is 6.06. The summed E-state index contributed by atoms with van der Waals surface area (Å²) < 4.78 is 0. The van der Waals surface area contributed by atoms with E-state index in [2.05, 4.69) is 6.07 Å². The summed E-state index contributed by atoms with van der Waals surface area (Å²) >= 11 is 0. The highest BCUT2D eigenvalue weighted by atomic mass is 16.2. The van der Waals surface area contributed by atoms with E-state index in [-0.39, 0.29) is 11.4 Å². The van der Waals surface area contributed by atoms with Crippen molar-refractivity contribution in [3.8, 4) is 6.07 Å². The van der Waals surface area contributed by atoms with Gasteiger partial charge in [-0.15, -0.1) is 0 Å². The molecule has 1 saturated heterocycles. The standard InChI is InChI=1S/C11H19N3O/c1-4-13(3)10(15)14-7-5-11(2,9-12)6-8-14/h4-8H2,1-3H3. The zero-order chi connectivity index (χ0) is 11.5. The van der Waals surface area contributed by atoms with Crippen LogP contribution in [0.2, 0.25) is 0 Å². The third kappa shape index (κ3) is 2.62. The van der Waals surface area contributed by atoms with Crippen molar-refractivity contribution < 1.29 is 4.79 Å². The number of urea groups is 1. The Morgan fingerprint density at radius 3 is 2.47 bits per heavy atom. The Bertz CT molecular complexity index is 274. The zero-order valence-corrected chi connectivity index (χ0v) is 9.79. The second-order valence-electron chi connectivity index (χ2n) is 4.46. The van der Waals surface area contributed by atoms with Gasteiger partial charge in [0.05, 0.1) is 11.5 Å². The highest BCUT2D eigenvalue weighted by Gasteiger charge is 2.32. The van der Waals surface area contributed by atoms with Gasteiger partial charge in [0.2, 0.25) is 0 Å². The molecule has 1 aliphatic heterocycles. The number of piperidine rings is 1. The van der Waals surface area contributed by atoms with Gasteiger partial charge in [0.25, 0.3) is 0 Å². The summed E-state index contributed by atoms with van der Waals surface area (Å²) in [6.07, 6.45) is 1.57. The van der Waals surface area contributed by atoms with Crippen LogP contribution in [0.4, 0.5) is 4.79 Å². The summed E-state index contributed by atoms with van der Waals surface area (Å²) in [6, 6.07) is 2.41. The van der Waals surface area contributed by atoms with Crippen LogP contribution >= 0.6 is 0 Å². The fourth-order valence-corrected chi connectivity index (χ4v) is 1.68. The molecule has 0 atom stereocenters. The second-order valence-corrected chi connectivity index (χ2v) is 4.46. The van der Waals surface area contributed by atoms with Crippen molar-refractivity contribution in [1.29, 1.82) is 5.26 Å². The molecule has 84 valence electrons. The molecular formula is C11H19N3O. The van der Waals surface area contributed by atoms with Gasteiger partial charge in [-0.1, -0.05) is 0 Å². The summed E-state index contributed by atoms with van der Waals surface area (Å²) in [7, 11) is 1.81. The van der Waals surface area contributed by atoms with Crippen LogP contribution in [0.5, 0.6) is 0 Å². The third-order valence-electron chi connectivity index (χ3n) is 3.21. The highest BCUT2D eigenvalue weighted by Crippen LogP contribution is 2.29. The lowest BCUT2D eigenvalue weighted by Gasteiger charge is -2.36. The van der Waals surface area contributed by atoms with Gasteiger partial charge in [-0.05, 0) is 26.7 Å². The molecule has 15 heavy (non-hydrogen) atoms. The van der Waals surface area contributed by atoms with Crippen molar-refractivity contribution in [3.63, 3.8) is 0 Å². The van der Waals surface area contributed by atoms with Crippen LogP contribution in [0.15, 0.2) is 0 Å². The smallest absolute Gasteiger partial charge is 0.319 e. The van der Waals surface area contributed by atoms with Crippen molar-refractivity contribution >= 4 is 6.03 Å². The molecule has 4 nitrogen and oxygen atoms in total. The molecule has 1 rings (SSSR count). The number of carbonyl (C=O) groups is 1. The van der Waals surface area contributed by atoms with E-state index in [1.54, 1.807) is 11.9 Å². The molecule has 0 saturated carbocycles. The van der Waals surface area contributed by atoms with Crippen LogP contribution in [-0.4, -0.2) is 42.5 Å². The SMILES string of the molecule is CCN(C)C(=O)N1CCC(C)(C#N)CC1. The quantitative estimate of drug-likeness (QED) is 0.659. The van der Waals surface area contributed by atoms with Gasteiger partial charge in [0, 0.05) is 26.7 Å². The Labute approximate surface area is 91.5 Å². The molecule has 0 aliphatic carbocycles. The number of rotatable bonds is 1. The molecular weight excluding hydrogens is 190 g/mol. The van der Waals surface area contributed by atoms with E-state index in [0.29, 0.717) is 13.1 Å². The average Bonchev–Trinajstić information content (AvgIpc) is 2.28. The monoisotopic (exact) mass is 209 g/mol. The minimum atomic E-state index is -0.235. The van der Waals surface area contributed by atoms with E-state index in [4.69, 9.17) is 5.26 Å². The van der Waals surface area contributed by atoms with Gasteiger partial charge in [-0.3, -0.25) is 0 Å². The van der Waals surface area contributed by atoms with Crippen molar-refractivity contribution in [2.75, 3.05) is 26.7 Å². The maximum atomic E-state index is 11.8. The number of hydrogen-bond acceptors (Lipinski definition) is 2. The summed E-state index contributed by atoms with van der Waals surface area (Å²) in [5, 5.41) is 8.97. The van der Waals surface area contributed by atoms with E-state index >= 15 is 0 Å². The van der Waals surface area contributed by atoms with E-state index in [9.17, 15) is 4.79 Å². The first-order valence-corrected chi connectivity index (χ1v) is 5.44. The largest absolute Gasteiger partial charge is 0.328 e. The molecule has 1 fully saturated rings. The predicted octanol–water partition coefficient (Wildman–Crippen LogP) is 1.68. The van der Waals surface area contributed by atoms with E-state index in [1.807, 2.05) is 18.7 Å². The van der Waals surface area contributed by atoms with Crippen molar-refractivity contribution in [2.45, 2.75) is 26.7 Å². The van der Waals surface area contributed by atoms with Gasteiger partial charge < -0.3 is 9.80 Å². The third-order valence-corrected chi connectivity index (χ3v) is 3.21. The Morgan fingerprint density at radius 1 is 1.53 bits per heavy atom. The summed E-state index contributed by atoms with van der Waals surface area (Å²) in [4.78, 5) is 15.3. The van der Waals surface area contributed by atoms with Crippen molar-refractivity contribution in [3.05, 3.63) is 0 Å². The van der Waals surface area contributed by atoms with E-state index in [1.165, 1.54) is 0 Å². The number of nitriles is 1. The Balaban J connectivity index is 2.52. The maximum Gasteiger partial charge on any atom is 0.319 e. The summed E-state index contributed by atoms with van der Waals surface area (Å²) in [5.41, 5.74) is -0.235. The number of carbonyl (C=O) groups excluding carboxylic acids is 1. The molecule has 0 radical (unpaired) electrons. The molecule has 2 amide bonds. The molecule has 1 aliphatic rings. The average molecular weight is 209 g/mol. The lowest BCUT2D eigenvalue weighted by atomic mass is 9.82. The van der Waals surface area contributed by atoms with Crippen molar-refractivity contribution in [1.82, 2.24) is 9.80 Å². The van der Waals surface area contributed by atoms with Crippen molar-refractivity contribution in [2.24, 2.45) is 5.41 Å². The molecule has 1 heterocycles. The minimum absolute atomic E-state index is 0.0810. The highest BCUT2D eigenvalue weighted by molar-refractivity contribution is 5.74. The molecule has 0 aromatic heterocycles. The Morgan fingerprint density at radius 2 is 2.07 bits per heavy atom. The molecule has 0 spiro atoms. The molecule has 0 unspecified atom stereocenters. The van der Waals surface area contributed by atoms with E-state index < -0.39 is 0 Å². The number of likely N-dealkylation sites (tertiary alicyclic amines) is 1. The molecule has 0 aromatic rings. The van der Waals surface area contributed by atoms with Crippen LogP contribution in [-0.2, 0) is 0 Å². The number of nitrogens with zero attached hydrogens (tertiary/aromatic N) is 3. The molecule has 0 aromatic carbocycles. The Kier molecular flexibility index (Phi) is 3.57. The molecule has 0 N–H and O–H groups in total. The maximum absolute atomic E-state index is 11.8. The first-order valence-electron chi connectivity index (χ1n) is 5.44. The molecule has 0 bridgehead atoms. The summed E-state index contributed by atoms with van der Waals surface area (Å²) in [5.74, 6) is 0. The van der Waals surface area contributed by atoms with Gasteiger partial charge >= 0.3 is 6.03 Å². The topological polar surface area (TPSA) is 47.3 Å². The minimum Gasteiger partial charge on any atom is -0.328 e. The van der Waals surface area contributed by atoms with Gasteiger partial charge in [-0.2, -0.15) is 5.26 Å². The van der Waals surface area contributed by atoms with Crippen LogP contribution in [0, 0.1) is 16.7 Å². The number of amides is 2. The normalized spacial score (nSPS) is 19.5. The van der Waals surface area contributed by atoms with E-state index in [0.717, 1.165) is 19.4 Å². The van der Waals surface area contributed by atoms with Crippen LogP contribution in [0.25, 0.3) is 0 Å². The van der Waals surface area contributed by atoms with Crippen LogP contribution < -0.4 is 0 Å². The first-order chi connectivity index (χ1) is 7.02. The van der Waals surface area contributed by atoms with Gasteiger partial charge in [-0.25, -0.2) is 4.79 Å². The number of hydrogen-bond donors (Lipinski definition) is 0. The lowest BCUT2D eigenvalue weighted by Crippen LogP contribution is -2.47. The van der Waals surface area contributed by atoms with Gasteiger partial charge in [0.1, 0.15) is 0 Å². The fraction of sp³-hybridized carbons (Fsp3) is 0.818. The predicted molar refractivity (Wildman–Crippen MR) is 58.2 cm³/mol. The fourth-order valence-electron chi connectivity index (χ4n) is 1.68. The Hall–Kier alpha value is -1.24. The first kappa shape index (κ1) is 11.8. The second kappa shape index (κ2) is 4.52. The van der Waals surface area contributed by atoms with Crippen LogP contribution in [0.3, 0.4) is 0 Å². The lowest BCUT2D eigenvalue weighted by molar-refractivity contribution is 0.131. The van der Waals surface area contributed by atoms with Gasteiger partial charge in [0.15, 0.2) is 0 Å². The zero-order valence-electron chi connectivity index (χ0n) is 9.79. The van der Waals surface area contributed by atoms with Crippen LogP contribution in [0.1, 0.15) is 26.7 Å².